The summed E-state index contributed by atoms with van der Waals surface area (Å²) in [5.41, 5.74) is 3.19. The molecule has 1 aliphatic heterocycles. The number of H-pyrrole nitrogens is 1. The van der Waals surface area contributed by atoms with Gasteiger partial charge in [-0.3, -0.25) is 4.98 Å². The summed E-state index contributed by atoms with van der Waals surface area (Å²) in [5, 5.41) is 11.5. The van der Waals surface area contributed by atoms with Gasteiger partial charge >= 0.3 is 5.97 Å². The van der Waals surface area contributed by atoms with Crippen molar-refractivity contribution in [3.8, 4) is 22.8 Å². The second kappa shape index (κ2) is 9.11. The van der Waals surface area contributed by atoms with E-state index in [4.69, 9.17) is 9.47 Å². The molecule has 0 atom stereocenters. The molecule has 2 N–H and O–H groups in total. The topological polar surface area (TPSA) is 87.7 Å². The zero-order chi connectivity index (χ0) is 22.8. The first-order valence-electron chi connectivity index (χ1n) is 11.3. The number of rotatable bonds is 8. The van der Waals surface area contributed by atoms with Crippen molar-refractivity contribution in [1.82, 2.24) is 14.9 Å². The number of hydrogen-bond donors (Lipinski definition) is 2. The number of pyridine rings is 1. The number of nitrogens with one attached hydrogen (secondary N) is 1. The maximum atomic E-state index is 11.8. The number of aromatic nitrogens is 2. The van der Waals surface area contributed by atoms with Crippen molar-refractivity contribution < 1.29 is 19.4 Å². The molecule has 0 aliphatic carbocycles. The van der Waals surface area contributed by atoms with E-state index in [0.717, 1.165) is 34.8 Å². The number of ether oxygens (including phenoxy) is 2. The normalized spacial score (nSPS) is 14.2. The van der Waals surface area contributed by atoms with Crippen LogP contribution in [0.1, 0.15) is 29.6 Å². The van der Waals surface area contributed by atoms with Crippen molar-refractivity contribution in [2.75, 3.05) is 33.4 Å². The monoisotopic (exact) mass is 445 g/mol. The van der Waals surface area contributed by atoms with E-state index in [-0.39, 0.29) is 5.56 Å². The molecule has 3 heterocycles. The van der Waals surface area contributed by atoms with E-state index in [0.29, 0.717) is 29.4 Å². The fourth-order valence-electron chi connectivity index (χ4n) is 4.68. The number of benzene rings is 2. The number of aromatic carboxylic acids is 1. The standard InChI is InChI=1S/C26H27N3O4/c1-32-22-15-19-21(16-23(22)33-14-6-13-29-11-4-5-12-29)28-20-9-10-27-25(24(19)20)17-7-2-3-8-18(17)26(30)31/h2-3,7-10,15-16,28H,4-6,11-14H2,1H3,(H,30,31). The molecule has 7 heteroatoms. The van der Waals surface area contributed by atoms with Gasteiger partial charge in [-0.2, -0.15) is 0 Å². The first-order valence-corrected chi connectivity index (χ1v) is 11.3. The third-order valence-electron chi connectivity index (χ3n) is 6.28. The molecule has 5 rings (SSSR count). The smallest absolute Gasteiger partial charge is 0.336 e. The molecule has 0 amide bonds. The zero-order valence-electron chi connectivity index (χ0n) is 18.6. The molecular weight excluding hydrogens is 418 g/mol. The van der Waals surface area contributed by atoms with Crippen molar-refractivity contribution in [2.24, 2.45) is 0 Å². The minimum Gasteiger partial charge on any atom is -0.493 e. The van der Waals surface area contributed by atoms with Gasteiger partial charge < -0.3 is 24.5 Å². The maximum absolute atomic E-state index is 11.8. The summed E-state index contributed by atoms with van der Waals surface area (Å²) in [4.78, 5) is 22.3. The van der Waals surface area contributed by atoms with Crippen LogP contribution in [0.25, 0.3) is 33.1 Å². The number of carboxylic acid groups (broad SMARTS) is 1. The Morgan fingerprint density at radius 1 is 1.12 bits per heavy atom. The second-order valence-corrected chi connectivity index (χ2v) is 8.36. The van der Waals surface area contributed by atoms with Crippen LogP contribution in [0.2, 0.25) is 0 Å². The minimum atomic E-state index is -0.980. The highest BCUT2D eigenvalue weighted by molar-refractivity contribution is 6.15. The van der Waals surface area contributed by atoms with Crippen LogP contribution in [0.15, 0.2) is 48.7 Å². The number of carbonyl (C=O) groups is 1. The highest BCUT2D eigenvalue weighted by atomic mass is 16.5. The lowest BCUT2D eigenvalue weighted by molar-refractivity contribution is 0.0697. The Hall–Kier alpha value is -3.58. The number of likely N-dealkylation sites (tertiary alicyclic amines) is 1. The number of carboxylic acids is 1. The molecule has 1 aliphatic rings. The third kappa shape index (κ3) is 4.12. The number of methoxy groups -OCH3 is 1. The predicted octanol–water partition coefficient (Wildman–Crippen LogP) is 4.95. The van der Waals surface area contributed by atoms with Gasteiger partial charge in [-0.25, -0.2) is 4.79 Å². The van der Waals surface area contributed by atoms with Crippen LogP contribution in [-0.4, -0.2) is 59.3 Å². The number of hydrogen-bond acceptors (Lipinski definition) is 5. The van der Waals surface area contributed by atoms with E-state index >= 15 is 0 Å². The van der Waals surface area contributed by atoms with Gasteiger partial charge in [-0.05, 0) is 50.6 Å². The first-order chi connectivity index (χ1) is 16.2. The molecule has 33 heavy (non-hydrogen) atoms. The summed E-state index contributed by atoms with van der Waals surface area (Å²) in [6.07, 6.45) is 5.24. The van der Waals surface area contributed by atoms with Gasteiger partial charge in [0.1, 0.15) is 0 Å². The molecule has 170 valence electrons. The molecule has 7 nitrogen and oxygen atoms in total. The third-order valence-corrected chi connectivity index (χ3v) is 6.28. The Balaban J connectivity index is 1.51. The molecule has 4 aromatic rings. The summed E-state index contributed by atoms with van der Waals surface area (Å²) >= 11 is 0. The molecule has 2 aromatic carbocycles. The average Bonchev–Trinajstić information content (AvgIpc) is 3.48. The van der Waals surface area contributed by atoms with E-state index in [1.165, 1.54) is 25.9 Å². The highest BCUT2D eigenvalue weighted by Gasteiger charge is 2.19. The molecule has 0 spiro atoms. The molecule has 0 bridgehead atoms. The minimum absolute atomic E-state index is 0.219. The first kappa shape index (κ1) is 21.3. The lowest BCUT2D eigenvalue weighted by Gasteiger charge is -2.15. The highest BCUT2D eigenvalue weighted by Crippen LogP contribution is 2.39. The summed E-state index contributed by atoms with van der Waals surface area (Å²) in [6.45, 7) is 4.05. The molecule has 1 saturated heterocycles. The summed E-state index contributed by atoms with van der Waals surface area (Å²) in [6, 6.07) is 12.7. The van der Waals surface area contributed by atoms with Gasteiger partial charge in [0.05, 0.1) is 36.0 Å². The number of fused-ring (bicyclic) bond motifs is 3. The molecular formula is C26H27N3O4. The fraction of sp³-hybridized carbons (Fsp3) is 0.308. The Kier molecular flexibility index (Phi) is 5.88. The fourth-order valence-corrected chi connectivity index (χ4v) is 4.68. The van der Waals surface area contributed by atoms with Crippen LogP contribution in [-0.2, 0) is 0 Å². The average molecular weight is 446 g/mol. The van der Waals surface area contributed by atoms with E-state index < -0.39 is 5.97 Å². The van der Waals surface area contributed by atoms with Crippen LogP contribution >= 0.6 is 0 Å². The Labute approximate surface area is 192 Å². The van der Waals surface area contributed by atoms with Crippen molar-refractivity contribution in [1.29, 1.82) is 0 Å². The van der Waals surface area contributed by atoms with Gasteiger partial charge in [0.2, 0.25) is 0 Å². The Morgan fingerprint density at radius 2 is 1.94 bits per heavy atom. The molecule has 0 unspecified atom stereocenters. The summed E-state index contributed by atoms with van der Waals surface area (Å²) < 4.78 is 11.7. The van der Waals surface area contributed by atoms with Gasteiger partial charge in [-0.1, -0.05) is 18.2 Å². The van der Waals surface area contributed by atoms with E-state index in [1.807, 2.05) is 24.3 Å². The number of aromatic amines is 1. The lowest BCUT2D eigenvalue weighted by Crippen LogP contribution is -2.21. The predicted molar refractivity (Wildman–Crippen MR) is 128 cm³/mol. The molecule has 0 radical (unpaired) electrons. The van der Waals surface area contributed by atoms with Gasteiger partial charge in [0.25, 0.3) is 0 Å². The Bertz CT molecular complexity index is 1310. The van der Waals surface area contributed by atoms with Crippen LogP contribution in [0.4, 0.5) is 0 Å². The van der Waals surface area contributed by atoms with E-state index in [1.54, 1.807) is 31.5 Å². The van der Waals surface area contributed by atoms with Crippen LogP contribution < -0.4 is 9.47 Å². The van der Waals surface area contributed by atoms with Crippen molar-refractivity contribution in [3.05, 3.63) is 54.2 Å². The summed E-state index contributed by atoms with van der Waals surface area (Å²) in [7, 11) is 1.63. The van der Waals surface area contributed by atoms with Crippen molar-refractivity contribution in [3.63, 3.8) is 0 Å². The van der Waals surface area contributed by atoms with Crippen LogP contribution in [0.3, 0.4) is 0 Å². The van der Waals surface area contributed by atoms with Gasteiger partial charge in [0.15, 0.2) is 11.5 Å². The number of nitrogens with zero attached hydrogens (tertiary/aromatic N) is 2. The SMILES string of the molecule is COc1cc2c(cc1OCCCN1CCCC1)[nH]c1ccnc(-c3ccccc3C(=O)O)c12. The largest absolute Gasteiger partial charge is 0.493 e. The lowest BCUT2D eigenvalue weighted by atomic mass is 10.00. The van der Waals surface area contributed by atoms with Crippen LogP contribution in [0.5, 0.6) is 11.5 Å². The van der Waals surface area contributed by atoms with E-state index in [9.17, 15) is 9.90 Å². The summed E-state index contributed by atoms with van der Waals surface area (Å²) in [5.74, 6) is 0.357. The molecule has 0 saturated carbocycles. The maximum Gasteiger partial charge on any atom is 0.336 e. The van der Waals surface area contributed by atoms with Crippen molar-refractivity contribution >= 4 is 27.8 Å². The van der Waals surface area contributed by atoms with Gasteiger partial charge in [-0.15, -0.1) is 0 Å². The Morgan fingerprint density at radius 3 is 2.73 bits per heavy atom. The zero-order valence-corrected chi connectivity index (χ0v) is 18.6. The second-order valence-electron chi connectivity index (χ2n) is 8.36. The van der Waals surface area contributed by atoms with Gasteiger partial charge in [0, 0.05) is 35.1 Å². The quantitative estimate of drug-likeness (QED) is 0.373. The molecule has 2 aromatic heterocycles. The van der Waals surface area contributed by atoms with Crippen molar-refractivity contribution in [2.45, 2.75) is 19.3 Å². The van der Waals surface area contributed by atoms with Crippen LogP contribution in [0, 0.1) is 0 Å². The molecule has 1 fully saturated rings. The van der Waals surface area contributed by atoms with E-state index in [2.05, 4.69) is 14.9 Å².